The molecule has 1 aromatic carbocycles. The molecule has 0 fully saturated rings. The third-order valence-corrected chi connectivity index (χ3v) is 2.60. The SMILES string of the molecule is CCOc1nc(N)nc(Nc2cc(C)ccc2Cl)n1. The monoisotopic (exact) mass is 279 g/mol. The van der Waals surface area contributed by atoms with Crippen LogP contribution in [0.15, 0.2) is 18.2 Å². The van der Waals surface area contributed by atoms with Crippen molar-refractivity contribution in [1.29, 1.82) is 0 Å². The number of nitrogens with one attached hydrogen (secondary N) is 1. The smallest absolute Gasteiger partial charge is 0.323 e. The highest BCUT2D eigenvalue weighted by Crippen LogP contribution is 2.25. The molecule has 0 aliphatic carbocycles. The van der Waals surface area contributed by atoms with E-state index in [1.807, 2.05) is 26.0 Å². The topological polar surface area (TPSA) is 86.0 Å². The predicted octanol–water partition coefficient (Wildman–Crippen LogP) is 2.56. The number of nitrogens with two attached hydrogens (primary N) is 1. The average Bonchev–Trinajstić information content (AvgIpc) is 2.33. The van der Waals surface area contributed by atoms with Gasteiger partial charge in [-0.15, -0.1) is 0 Å². The van der Waals surface area contributed by atoms with Crippen LogP contribution in [0.2, 0.25) is 5.02 Å². The van der Waals surface area contributed by atoms with E-state index in [0.29, 0.717) is 23.3 Å². The molecule has 7 heteroatoms. The Morgan fingerprint density at radius 1 is 1.32 bits per heavy atom. The maximum absolute atomic E-state index is 6.09. The Morgan fingerprint density at radius 2 is 2.11 bits per heavy atom. The molecule has 0 radical (unpaired) electrons. The molecule has 3 N–H and O–H groups in total. The number of nitrogen functional groups attached to an aromatic ring is 1. The minimum Gasteiger partial charge on any atom is -0.464 e. The lowest BCUT2D eigenvalue weighted by molar-refractivity contribution is 0.312. The van der Waals surface area contributed by atoms with Crippen molar-refractivity contribution >= 4 is 29.2 Å². The Hall–Kier alpha value is -2.08. The number of aromatic nitrogens is 3. The van der Waals surface area contributed by atoms with Gasteiger partial charge >= 0.3 is 6.01 Å². The van der Waals surface area contributed by atoms with Gasteiger partial charge in [-0.05, 0) is 31.5 Å². The quantitative estimate of drug-likeness (QED) is 0.894. The van der Waals surface area contributed by atoms with Crippen LogP contribution in [0.1, 0.15) is 12.5 Å². The Labute approximate surface area is 116 Å². The van der Waals surface area contributed by atoms with Crippen LogP contribution in [0.5, 0.6) is 6.01 Å². The summed E-state index contributed by atoms with van der Waals surface area (Å²) in [6.45, 7) is 4.26. The lowest BCUT2D eigenvalue weighted by Crippen LogP contribution is -2.06. The first kappa shape index (κ1) is 13.4. The minimum atomic E-state index is 0.0877. The van der Waals surface area contributed by atoms with Crippen LogP contribution in [-0.4, -0.2) is 21.6 Å². The molecule has 0 bridgehead atoms. The summed E-state index contributed by atoms with van der Waals surface area (Å²) >= 11 is 6.09. The second kappa shape index (κ2) is 5.71. The van der Waals surface area contributed by atoms with E-state index in [-0.39, 0.29) is 12.0 Å². The van der Waals surface area contributed by atoms with Crippen LogP contribution in [0.3, 0.4) is 0 Å². The highest BCUT2D eigenvalue weighted by molar-refractivity contribution is 6.33. The van der Waals surface area contributed by atoms with E-state index in [9.17, 15) is 0 Å². The van der Waals surface area contributed by atoms with Crippen molar-refractivity contribution in [3.8, 4) is 6.01 Å². The number of rotatable bonds is 4. The number of nitrogens with zero attached hydrogens (tertiary/aromatic N) is 3. The summed E-state index contributed by atoms with van der Waals surface area (Å²) in [7, 11) is 0. The molecule has 0 aliphatic rings. The zero-order valence-electron chi connectivity index (χ0n) is 10.6. The van der Waals surface area contributed by atoms with Gasteiger partial charge in [0.2, 0.25) is 11.9 Å². The van der Waals surface area contributed by atoms with E-state index >= 15 is 0 Å². The molecule has 6 nitrogen and oxygen atoms in total. The molecule has 1 aromatic heterocycles. The standard InChI is InChI=1S/C12H14ClN5O/c1-3-19-12-17-10(14)16-11(18-12)15-9-6-7(2)4-5-8(9)13/h4-6H,3H2,1-2H3,(H3,14,15,16,17,18). The molecule has 1 heterocycles. The van der Waals surface area contributed by atoms with Crippen molar-refractivity contribution < 1.29 is 4.74 Å². The number of ether oxygens (including phenoxy) is 1. The van der Waals surface area contributed by atoms with Gasteiger partial charge in [-0.2, -0.15) is 15.0 Å². The zero-order chi connectivity index (χ0) is 13.8. The molecule has 2 aromatic rings. The summed E-state index contributed by atoms with van der Waals surface area (Å²) in [5.41, 5.74) is 7.37. The van der Waals surface area contributed by atoms with Crippen LogP contribution in [-0.2, 0) is 0 Å². The van der Waals surface area contributed by atoms with Crippen LogP contribution < -0.4 is 15.8 Å². The molecule has 0 amide bonds. The Morgan fingerprint density at radius 3 is 2.84 bits per heavy atom. The van der Waals surface area contributed by atoms with Crippen LogP contribution in [0.4, 0.5) is 17.6 Å². The molecule has 0 atom stereocenters. The van der Waals surface area contributed by atoms with Gasteiger partial charge in [0.15, 0.2) is 0 Å². The first-order chi connectivity index (χ1) is 9.08. The first-order valence-electron chi connectivity index (χ1n) is 5.76. The van der Waals surface area contributed by atoms with E-state index in [1.165, 1.54) is 0 Å². The van der Waals surface area contributed by atoms with E-state index < -0.39 is 0 Å². The van der Waals surface area contributed by atoms with Crippen LogP contribution in [0, 0.1) is 6.92 Å². The summed E-state index contributed by atoms with van der Waals surface area (Å²) in [5.74, 6) is 0.383. The highest BCUT2D eigenvalue weighted by Gasteiger charge is 2.07. The number of benzene rings is 1. The molecular weight excluding hydrogens is 266 g/mol. The molecule has 0 saturated heterocycles. The summed E-state index contributed by atoms with van der Waals surface area (Å²) in [5, 5.41) is 3.57. The molecule has 100 valence electrons. The largest absolute Gasteiger partial charge is 0.464 e. The third kappa shape index (κ3) is 3.45. The molecule has 0 saturated carbocycles. The fourth-order valence-corrected chi connectivity index (χ4v) is 1.64. The molecule has 0 aliphatic heterocycles. The van der Waals surface area contributed by atoms with E-state index in [0.717, 1.165) is 5.56 Å². The number of hydrogen-bond acceptors (Lipinski definition) is 6. The maximum Gasteiger partial charge on any atom is 0.323 e. The van der Waals surface area contributed by atoms with Gasteiger partial charge in [0.1, 0.15) is 0 Å². The summed E-state index contributed by atoms with van der Waals surface area (Å²) in [4.78, 5) is 11.9. The van der Waals surface area contributed by atoms with Crippen molar-refractivity contribution in [3.63, 3.8) is 0 Å². The van der Waals surface area contributed by atoms with Gasteiger partial charge in [-0.25, -0.2) is 0 Å². The zero-order valence-corrected chi connectivity index (χ0v) is 11.4. The van der Waals surface area contributed by atoms with Crippen molar-refractivity contribution in [2.24, 2.45) is 0 Å². The van der Waals surface area contributed by atoms with E-state index in [2.05, 4.69) is 20.3 Å². The minimum absolute atomic E-state index is 0.0877. The van der Waals surface area contributed by atoms with Gasteiger partial charge in [0, 0.05) is 0 Å². The van der Waals surface area contributed by atoms with Crippen molar-refractivity contribution in [2.75, 3.05) is 17.7 Å². The van der Waals surface area contributed by atoms with Gasteiger partial charge < -0.3 is 15.8 Å². The number of aryl methyl sites for hydroxylation is 1. The van der Waals surface area contributed by atoms with E-state index in [4.69, 9.17) is 22.1 Å². The Kier molecular flexibility index (Phi) is 4.01. The van der Waals surface area contributed by atoms with Gasteiger partial charge in [0.25, 0.3) is 0 Å². The summed E-state index contributed by atoms with van der Waals surface area (Å²) in [6.07, 6.45) is 0. The predicted molar refractivity (Wildman–Crippen MR) is 74.9 cm³/mol. The highest BCUT2D eigenvalue weighted by atomic mass is 35.5. The first-order valence-corrected chi connectivity index (χ1v) is 6.14. The lowest BCUT2D eigenvalue weighted by Gasteiger charge is -2.09. The number of anilines is 3. The molecule has 0 unspecified atom stereocenters. The van der Waals surface area contributed by atoms with Gasteiger partial charge in [0.05, 0.1) is 17.3 Å². The Balaban J connectivity index is 2.29. The van der Waals surface area contributed by atoms with Crippen LogP contribution in [0.25, 0.3) is 0 Å². The average molecular weight is 280 g/mol. The van der Waals surface area contributed by atoms with Gasteiger partial charge in [-0.3, -0.25) is 0 Å². The van der Waals surface area contributed by atoms with Crippen LogP contribution >= 0.6 is 11.6 Å². The van der Waals surface area contributed by atoms with Gasteiger partial charge in [-0.1, -0.05) is 17.7 Å². The number of halogens is 1. The second-order valence-corrected chi connectivity index (χ2v) is 4.25. The third-order valence-electron chi connectivity index (χ3n) is 2.27. The van der Waals surface area contributed by atoms with E-state index in [1.54, 1.807) is 6.07 Å². The summed E-state index contributed by atoms with van der Waals surface area (Å²) < 4.78 is 5.20. The maximum atomic E-state index is 6.09. The van der Waals surface area contributed by atoms with Crippen molar-refractivity contribution in [1.82, 2.24) is 15.0 Å². The fourth-order valence-electron chi connectivity index (χ4n) is 1.48. The molecule has 19 heavy (non-hydrogen) atoms. The second-order valence-electron chi connectivity index (χ2n) is 3.84. The van der Waals surface area contributed by atoms with Crippen molar-refractivity contribution in [3.05, 3.63) is 28.8 Å². The Bertz CT molecular complexity index is 590. The number of hydrogen-bond donors (Lipinski definition) is 2. The fraction of sp³-hybridized carbons (Fsp3) is 0.250. The molecule has 0 spiro atoms. The normalized spacial score (nSPS) is 10.3. The molecule has 2 rings (SSSR count). The lowest BCUT2D eigenvalue weighted by atomic mass is 10.2. The summed E-state index contributed by atoms with van der Waals surface area (Å²) in [6, 6.07) is 5.79. The molecular formula is C12H14ClN5O. The van der Waals surface area contributed by atoms with Crippen molar-refractivity contribution in [2.45, 2.75) is 13.8 Å².